The van der Waals surface area contributed by atoms with Gasteiger partial charge in [-0.3, -0.25) is 9.59 Å². The third-order valence-electron chi connectivity index (χ3n) is 3.31. The van der Waals surface area contributed by atoms with Crippen LogP contribution in [0, 0.1) is 12.7 Å². The van der Waals surface area contributed by atoms with Crippen molar-refractivity contribution in [2.24, 2.45) is 5.10 Å². The molecule has 0 aliphatic carbocycles. The van der Waals surface area contributed by atoms with Crippen molar-refractivity contribution in [1.82, 2.24) is 5.43 Å². The first-order chi connectivity index (χ1) is 11.4. The molecule has 0 aliphatic rings. The quantitative estimate of drug-likeness (QED) is 0.508. The predicted octanol–water partition coefficient (Wildman–Crippen LogP) is 3.27. The van der Waals surface area contributed by atoms with Crippen LogP contribution >= 0.6 is 11.6 Å². The average molecular weight is 348 g/mol. The van der Waals surface area contributed by atoms with Gasteiger partial charge in [0.05, 0.1) is 5.71 Å². The maximum absolute atomic E-state index is 12.9. The predicted molar refractivity (Wildman–Crippen MR) is 91.6 cm³/mol. The van der Waals surface area contributed by atoms with E-state index in [0.29, 0.717) is 27.5 Å². The molecule has 24 heavy (non-hydrogen) atoms. The largest absolute Gasteiger partial charge is 0.329 e. The van der Waals surface area contributed by atoms with Crippen LogP contribution in [-0.2, 0) is 9.59 Å². The molecule has 0 radical (unpaired) electrons. The maximum atomic E-state index is 12.9. The van der Waals surface area contributed by atoms with Gasteiger partial charge in [0.1, 0.15) is 5.82 Å². The molecule has 0 saturated heterocycles. The summed E-state index contributed by atoms with van der Waals surface area (Å²) in [5.41, 5.74) is 4.33. The monoisotopic (exact) mass is 347 g/mol. The second-order valence-electron chi connectivity index (χ2n) is 5.01. The number of halogens is 2. The summed E-state index contributed by atoms with van der Waals surface area (Å²) in [5, 5.41) is 6.79. The number of hydrazone groups is 1. The molecule has 0 bridgehead atoms. The number of nitrogens with one attached hydrogen (secondary N) is 2. The standard InChI is InChI=1S/C17H15ClFN3O2/c1-10-14(18)4-3-5-15(10)20-16(23)17(24)22-21-11(2)12-6-8-13(19)9-7-12/h3-9H,1-2H3,(H,20,23)(H,22,24)/b21-11+. The third-order valence-corrected chi connectivity index (χ3v) is 3.72. The van der Waals surface area contributed by atoms with Gasteiger partial charge in [-0.2, -0.15) is 5.10 Å². The molecule has 2 aromatic carbocycles. The fourth-order valence-corrected chi connectivity index (χ4v) is 2.04. The topological polar surface area (TPSA) is 70.6 Å². The summed E-state index contributed by atoms with van der Waals surface area (Å²) in [6.45, 7) is 3.36. The van der Waals surface area contributed by atoms with E-state index in [1.54, 1.807) is 32.0 Å². The van der Waals surface area contributed by atoms with Crippen molar-refractivity contribution >= 4 is 34.8 Å². The Morgan fingerprint density at radius 2 is 1.75 bits per heavy atom. The van der Waals surface area contributed by atoms with Gasteiger partial charge >= 0.3 is 11.8 Å². The Balaban J connectivity index is 2.01. The van der Waals surface area contributed by atoms with Crippen LogP contribution in [0.1, 0.15) is 18.1 Å². The van der Waals surface area contributed by atoms with Crippen molar-refractivity contribution in [3.05, 3.63) is 64.4 Å². The Morgan fingerprint density at radius 3 is 2.42 bits per heavy atom. The maximum Gasteiger partial charge on any atom is 0.329 e. The summed E-state index contributed by atoms with van der Waals surface area (Å²) in [7, 11) is 0. The lowest BCUT2D eigenvalue weighted by Crippen LogP contribution is -2.33. The van der Waals surface area contributed by atoms with E-state index in [1.165, 1.54) is 24.3 Å². The van der Waals surface area contributed by atoms with Gasteiger partial charge in [-0.25, -0.2) is 9.82 Å². The second kappa shape index (κ2) is 7.70. The molecule has 0 spiro atoms. The minimum absolute atomic E-state index is 0.369. The first-order valence-corrected chi connectivity index (χ1v) is 7.43. The van der Waals surface area contributed by atoms with Crippen molar-refractivity contribution in [3.8, 4) is 0 Å². The van der Waals surface area contributed by atoms with Crippen molar-refractivity contribution in [2.45, 2.75) is 13.8 Å². The molecule has 2 N–H and O–H groups in total. The highest BCUT2D eigenvalue weighted by Crippen LogP contribution is 2.22. The molecule has 2 rings (SSSR count). The molecule has 5 nitrogen and oxygen atoms in total. The van der Waals surface area contributed by atoms with Gasteiger partial charge in [-0.1, -0.05) is 29.8 Å². The van der Waals surface area contributed by atoms with Gasteiger partial charge < -0.3 is 5.32 Å². The first kappa shape index (κ1) is 17.6. The number of rotatable bonds is 3. The average Bonchev–Trinajstić information content (AvgIpc) is 2.57. The van der Waals surface area contributed by atoms with Crippen LogP contribution in [0.25, 0.3) is 0 Å². The normalized spacial score (nSPS) is 11.1. The van der Waals surface area contributed by atoms with E-state index in [2.05, 4.69) is 15.8 Å². The van der Waals surface area contributed by atoms with Gasteiger partial charge in [0.2, 0.25) is 0 Å². The van der Waals surface area contributed by atoms with Crippen molar-refractivity contribution in [2.75, 3.05) is 5.32 Å². The minimum Gasteiger partial charge on any atom is -0.317 e. The van der Waals surface area contributed by atoms with Gasteiger partial charge in [0, 0.05) is 10.7 Å². The highest BCUT2D eigenvalue weighted by Gasteiger charge is 2.15. The molecule has 0 aromatic heterocycles. The molecule has 0 atom stereocenters. The molecule has 7 heteroatoms. The Bertz CT molecular complexity index is 804. The fraction of sp³-hybridized carbons (Fsp3) is 0.118. The summed E-state index contributed by atoms with van der Waals surface area (Å²) in [5.74, 6) is -2.15. The number of carbonyl (C=O) groups is 2. The number of anilines is 1. The van der Waals surface area contributed by atoms with Crippen LogP contribution in [-0.4, -0.2) is 17.5 Å². The zero-order valence-electron chi connectivity index (χ0n) is 13.1. The lowest BCUT2D eigenvalue weighted by Gasteiger charge is -2.08. The van der Waals surface area contributed by atoms with Crippen LogP contribution < -0.4 is 10.7 Å². The van der Waals surface area contributed by atoms with E-state index in [-0.39, 0.29) is 5.82 Å². The fourth-order valence-electron chi connectivity index (χ4n) is 1.86. The summed E-state index contributed by atoms with van der Waals surface area (Å²) >= 11 is 5.96. The van der Waals surface area contributed by atoms with E-state index in [0.717, 1.165) is 0 Å². The molecule has 124 valence electrons. The molecule has 0 heterocycles. The lowest BCUT2D eigenvalue weighted by molar-refractivity contribution is -0.136. The Kier molecular flexibility index (Phi) is 5.65. The minimum atomic E-state index is -0.921. The van der Waals surface area contributed by atoms with Crippen LogP contribution in [0.2, 0.25) is 5.02 Å². The Hall–Kier alpha value is -2.73. The molecular weight excluding hydrogens is 333 g/mol. The van der Waals surface area contributed by atoms with Crippen molar-refractivity contribution < 1.29 is 14.0 Å². The first-order valence-electron chi connectivity index (χ1n) is 7.05. The second-order valence-corrected chi connectivity index (χ2v) is 5.42. The third kappa shape index (κ3) is 4.39. The molecule has 2 amide bonds. The van der Waals surface area contributed by atoms with Crippen molar-refractivity contribution in [1.29, 1.82) is 0 Å². The highest BCUT2D eigenvalue weighted by atomic mass is 35.5. The van der Waals surface area contributed by atoms with E-state index in [1.807, 2.05) is 0 Å². The molecular formula is C17H15ClFN3O2. The van der Waals surface area contributed by atoms with E-state index < -0.39 is 11.8 Å². The smallest absolute Gasteiger partial charge is 0.317 e. The Morgan fingerprint density at radius 1 is 1.08 bits per heavy atom. The van der Waals surface area contributed by atoms with Crippen LogP contribution in [0.15, 0.2) is 47.6 Å². The zero-order chi connectivity index (χ0) is 17.7. The SMILES string of the molecule is C/C(=N\NC(=O)C(=O)Nc1cccc(Cl)c1C)c1ccc(F)cc1. The number of amides is 2. The number of benzene rings is 2. The van der Waals surface area contributed by atoms with E-state index >= 15 is 0 Å². The zero-order valence-corrected chi connectivity index (χ0v) is 13.8. The van der Waals surface area contributed by atoms with Gasteiger partial charge in [0.25, 0.3) is 0 Å². The summed E-state index contributed by atoms with van der Waals surface area (Å²) in [4.78, 5) is 23.7. The number of hydrogen-bond acceptors (Lipinski definition) is 3. The molecule has 0 unspecified atom stereocenters. The van der Waals surface area contributed by atoms with Crippen molar-refractivity contribution in [3.63, 3.8) is 0 Å². The lowest BCUT2D eigenvalue weighted by atomic mass is 10.1. The number of carbonyl (C=O) groups excluding carboxylic acids is 2. The Labute approximate surface area is 143 Å². The molecule has 0 aliphatic heterocycles. The number of nitrogens with zero attached hydrogens (tertiary/aromatic N) is 1. The summed E-state index contributed by atoms with van der Waals surface area (Å²) in [6, 6.07) is 10.6. The van der Waals surface area contributed by atoms with Gasteiger partial charge in [-0.15, -0.1) is 0 Å². The van der Waals surface area contributed by atoms with Crippen LogP contribution in [0.3, 0.4) is 0 Å². The summed E-state index contributed by atoms with van der Waals surface area (Å²) < 4.78 is 12.9. The highest BCUT2D eigenvalue weighted by molar-refractivity contribution is 6.40. The van der Waals surface area contributed by atoms with Crippen LogP contribution in [0.4, 0.5) is 10.1 Å². The number of hydrogen-bond donors (Lipinski definition) is 2. The van der Waals surface area contributed by atoms with Crippen LogP contribution in [0.5, 0.6) is 0 Å². The van der Waals surface area contributed by atoms with E-state index in [4.69, 9.17) is 11.6 Å². The summed E-state index contributed by atoms with van der Waals surface area (Å²) in [6.07, 6.45) is 0. The van der Waals surface area contributed by atoms with E-state index in [9.17, 15) is 14.0 Å². The van der Waals surface area contributed by atoms with Gasteiger partial charge in [0.15, 0.2) is 0 Å². The molecule has 2 aromatic rings. The van der Waals surface area contributed by atoms with Gasteiger partial charge in [-0.05, 0) is 49.2 Å². The molecule has 0 saturated carbocycles. The molecule has 0 fully saturated rings.